The van der Waals surface area contributed by atoms with Crippen LogP contribution in [0.5, 0.6) is 0 Å². The molecule has 0 radical (unpaired) electrons. The van der Waals surface area contributed by atoms with Crippen LogP contribution in [-0.4, -0.2) is 44.0 Å². The van der Waals surface area contributed by atoms with Gasteiger partial charge in [-0.25, -0.2) is 9.97 Å². The average molecular weight is 289 g/mol. The second kappa shape index (κ2) is 5.26. The van der Waals surface area contributed by atoms with E-state index in [1.807, 2.05) is 27.2 Å². The smallest absolute Gasteiger partial charge is 0.163 e. The maximum absolute atomic E-state index is 10.5. The predicted octanol–water partition coefficient (Wildman–Crippen LogP) is 1.80. The highest BCUT2D eigenvalue weighted by atomic mass is 16.3. The van der Waals surface area contributed by atoms with Crippen LogP contribution in [-0.2, 0) is 7.05 Å². The van der Waals surface area contributed by atoms with Crippen molar-refractivity contribution >= 4 is 16.9 Å². The average Bonchev–Trinajstić information content (AvgIpc) is 3.04. The number of aliphatic hydroxyl groups is 1. The van der Waals surface area contributed by atoms with E-state index in [4.69, 9.17) is 0 Å². The molecule has 2 aromatic rings. The number of aromatic nitrogens is 4. The van der Waals surface area contributed by atoms with Crippen molar-refractivity contribution in [3.05, 3.63) is 12.0 Å². The van der Waals surface area contributed by atoms with E-state index in [1.54, 1.807) is 4.68 Å². The molecule has 1 aliphatic carbocycles. The van der Waals surface area contributed by atoms with Gasteiger partial charge in [0.15, 0.2) is 5.65 Å². The van der Waals surface area contributed by atoms with E-state index in [-0.39, 0.29) is 0 Å². The monoisotopic (exact) mass is 289 g/mol. The van der Waals surface area contributed by atoms with Gasteiger partial charge in [-0.15, -0.1) is 0 Å². The van der Waals surface area contributed by atoms with Crippen molar-refractivity contribution in [2.75, 3.05) is 18.5 Å². The van der Waals surface area contributed by atoms with Gasteiger partial charge in [0.25, 0.3) is 0 Å². The Hall–Kier alpha value is -1.69. The number of anilines is 1. The Labute approximate surface area is 124 Å². The van der Waals surface area contributed by atoms with E-state index in [9.17, 15) is 5.11 Å². The van der Waals surface area contributed by atoms with Crippen LogP contribution in [0.2, 0.25) is 0 Å². The van der Waals surface area contributed by atoms with Gasteiger partial charge in [-0.2, -0.15) is 5.10 Å². The van der Waals surface area contributed by atoms with Crippen molar-refractivity contribution in [2.24, 2.45) is 7.05 Å². The summed E-state index contributed by atoms with van der Waals surface area (Å²) in [7, 11) is 3.91. The summed E-state index contributed by atoms with van der Waals surface area (Å²) >= 11 is 0. The summed E-state index contributed by atoms with van der Waals surface area (Å²) in [6.45, 7) is 2.69. The Balaban J connectivity index is 1.82. The standard InChI is InChI=1S/C15H23N5O/c1-11-17-13(12-10-16-20(3)14(12)18-11)19(2)9-8-15(21)6-4-5-7-15/h10,21H,4-9H2,1-3H3. The molecule has 0 aromatic carbocycles. The minimum Gasteiger partial charge on any atom is -0.390 e. The van der Waals surface area contributed by atoms with Crippen molar-refractivity contribution in [3.63, 3.8) is 0 Å². The molecule has 1 aliphatic rings. The number of hydrogen-bond acceptors (Lipinski definition) is 5. The topological polar surface area (TPSA) is 67.1 Å². The van der Waals surface area contributed by atoms with Crippen LogP contribution in [0.3, 0.4) is 0 Å². The van der Waals surface area contributed by atoms with Crippen molar-refractivity contribution in [2.45, 2.75) is 44.6 Å². The van der Waals surface area contributed by atoms with Gasteiger partial charge in [-0.1, -0.05) is 12.8 Å². The zero-order chi connectivity index (χ0) is 15.0. The van der Waals surface area contributed by atoms with Crippen LogP contribution >= 0.6 is 0 Å². The number of rotatable bonds is 4. The lowest BCUT2D eigenvalue weighted by Gasteiger charge is -2.26. The first-order valence-electron chi connectivity index (χ1n) is 7.58. The van der Waals surface area contributed by atoms with E-state index < -0.39 is 5.60 Å². The molecular formula is C15H23N5O. The Morgan fingerprint density at radius 1 is 1.33 bits per heavy atom. The first-order valence-corrected chi connectivity index (χ1v) is 7.58. The van der Waals surface area contributed by atoms with E-state index in [1.165, 1.54) is 0 Å². The lowest BCUT2D eigenvalue weighted by atomic mass is 9.98. The molecule has 1 N–H and O–H groups in total. The van der Waals surface area contributed by atoms with Crippen molar-refractivity contribution in [1.82, 2.24) is 19.7 Å². The van der Waals surface area contributed by atoms with Crippen LogP contribution in [0.4, 0.5) is 5.82 Å². The second-order valence-corrected chi connectivity index (χ2v) is 6.20. The van der Waals surface area contributed by atoms with Gasteiger partial charge in [0.05, 0.1) is 17.2 Å². The molecule has 0 spiro atoms. The summed E-state index contributed by atoms with van der Waals surface area (Å²) < 4.78 is 1.77. The minimum absolute atomic E-state index is 0.482. The van der Waals surface area contributed by atoms with Crippen molar-refractivity contribution in [1.29, 1.82) is 0 Å². The molecule has 0 atom stereocenters. The van der Waals surface area contributed by atoms with Gasteiger partial charge in [0, 0.05) is 20.6 Å². The van der Waals surface area contributed by atoms with Gasteiger partial charge in [-0.3, -0.25) is 4.68 Å². The third-order valence-corrected chi connectivity index (χ3v) is 4.49. The molecule has 1 saturated carbocycles. The fourth-order valence-corrected chi connectivity index (χ4v) is 3.17. The lowest BCUT2D eigenvalue weighted by molar-refractivity contribution is 0.0411. The number of fused-ring (bicyclic) bond motifs is 1. The SMILES string of the molecule is Cc1nc(N(C)CCC2(O)CCCC2)c2cnn(C)c2n1. The van der Waals surface area contributed by atoms with E-state index in [0.717, 1.165) is 61.3 Å². The fourth-order valence-electron chi connectivity index (χ4n) is 3.17. The third-order valence-electron chi connectivity index (χ3n) is 4.49. The predicted molar refractivity (Wildman–Crippen MR) is 82.3 cm³/mol. The molecule has 6 heteroatoms. The van der Waals surface area contributed by atoms with Crippen LogP contribution in [0.15, 0.2) is 6.20 Å². The normalized spacial score (nSPS) is 17.5. The highest BCUT2D eigenvalue weighted by Gasteiger charge is 2.31. The zero-order valence-corrected chi connectivity index (χ0v) is 13.0. The van der Waals surface area contributed by atoms with Gasteiger partial charge in [0.2, 0.25) is 0 Å². The molecule has 21 heavy (non-hydrogen) atoms. The van der Waals surface area contributed by atoms with Crippen LogP contribution in [0.25, 0.3) is 11.0 Å². The number of aryl methyl sites for hydroxylation is 2. The fraction of sp³-hybridized carbons (Fsp3) is 0.667. The molecule has 1 fully saturated rings. The number of nitrogens with zero attached hydrogens (tertiary/aromatic N) is 5. The molecular weight excluding hydrogens is 266 g/mol. The maximum Gasteiger partial charge on any atom is 0.163 e. The molecule has 0 aliphatic heterocycles. The summed E-state index contributed by atoms with van der Waals surface area (Å²) in [5.74, 6) is 1.64. The first kappa shape index (κ1) is 14.3. The van der Waals surface area contributed by atoms with Crippen LogP contribution in [0.1, 0.15) is 37.9 Å². The van der Waals surface area contributed by atoms with Crippen LogP contribution < -0.4 is 4.90 Å². The molecule has 114 valence electrons. The molecule has 6 nitrogen and oxygen atoms in total. The van der Waals surface area contributed by atoms with E-state index >= 15 is 0 Å². The molecule has 0 bridgehead atoms. The summed E-state index contributed by atoms with van der Waals surface area (Å²) in [6.07, 6.45) is 6.72. The quantitative estimate of drug-likeness (QED) is 0.929. The second-order valence-electron chi connectivity index (χ2n) is 6.20. The molecule has 0 saturated heterocycles. The van der Waals surface area contributed by atoms with Gasteiger partial charge < -0.3 is 10.0 Å². The molecule has 3 rings (SSSR count). The maximum atomic E-state index is 10.5. The Bertz CT molecular complexity index is 645. The largest absolute Gasteiger partial charge is 0.390 e. The minimum atomic E-state index is -0.482. The molecule has 0 amide bonds. The summed E-state index contributed by atoms with van der Waals surface area (Å²) in [5.41, 5.74) is 0.369. The van der Waals surface area contributed by atoms with E-state index in [0.29, 0.717) is 0 Å². The van der Waals surface area contributed by atoms with Crippen molar-refractivity contribution < 1.29 is 5.11 Å². The Morgan fingerprint density at radius 3 is 2.76 bits per heavy atom. The van der Waals surface area contributed by atoms with Gasteiger partial charge >= 0.3 is 0 Å². The van der Waals surface area contributed by atoms with Crippen molar-refractivity contribution in [3.8, 4) is 0 Å². The number of hydrogen-bond donors (Lipinski definition) is 1. The van der Waals surface area contributed by atoms with Gasteiger partial charge in [0.1, 0.15) is 11.6 Å². The summed E-state index contributed by atoms with van der Waals surface area (Å²) in [5, 5.41) is 15.7. The Kier molecular flexibility index (Phi) is 3.57. The highest BCUT2D eigenvalue weighted by molar-refractivity contribution is 5.86. The molecule has 2 heterocycles. The van der Waals surface area contributed by atoms with Gasteiger partial charge in [-0.05, 0) is 26.2 Å². The summed E-state index contributed by atoms with van der Waals surface area (Å²) in [6, 6.07) is 0. The Morgan fingerprint density at radius 2 is 2.05 bits per heavy atom. The highest BCUT2D eigenvalue weighted by Crippen LogP contribution is 2.33. The summed E-state index contributed by atoms with van der Waals surface area (Å²) in [4.78, 5) is 11.1. The van der Waals surface area contributed by atoms with Crippen LogP contribution in [0, 0.1) is 6.92 Å². The zero-order valence-electron chi connectivity index (χ0n) is 13.0. The lowest BCUT2D eigenvalue weighted by Crippen LogP contribution is -2.31. The van der Waals surface area contributed by atoms with E-state index in [2.05, 4.69) is 20.0 Å². The molecule has 2 aromatic heterocycles. The first-order chi connectivity index (χ1) is 9.98. The molecule has 0 unspecified atom stereocenters. The third kappa shape index (κ3) is 2.72.